The summed E-state index contributed by atoms with van der Waals surface area (Å²) in [5, 5.41) is 2.86. The molecule has 0 aliphatic carbocycles. The smallest absolute Gasteiger partial charge is 0.251 e. The molecular formula is C28H29N3O4S. The highest BCUT2D eigenvalue weighted by Crippen LogP contribution is 2.27. The van der Waals surface area contributed by atoms with Crippen molar-refractivity contribution >= 4 is 15.7 Å². The number of rotatable bonds is 7. The Morgan fingerprint density at radius 3 is 2.31 bits per heavy atom. The van der Waals surface area contributed by atoms with Crippen LogP contribution in [0.3, 0.4) is 0 Å². The number of hydrogen-bond donors (Lipinski definition) is 1. The number of benzene rings is 2. The molecular weight excluding hydrogens is 474 g/mol. The van der Waals surface area contributed by atoms with Crippen LogP contribution in [0.5, 0.6) is 0 Å². The summed E-state index contributed by atoms with van der Waals surface area (Å²) in [6.45, 7) is 8.32. The molecule has 0 atom stereocenters. The first-order chi connectivity index (χ1) is 17.0. The van der Waals surface area contributed by atoms with E-state index >= 15 is 0 Å². The van der Waals surface area contributed by atoms with Gasteiger partial charge in [-0.15, -0.1) is 0 Å². The molecule has 0 aliphatic heterocycles. The van der Waals surface area contributed by atoms with Gasteiger partial charge in [-0.25, -0.2) is 13.4 Å². The second-order valence-corrected chi connectivity index (χ2v) is 11.7. The summed E-state index contributed by atoms with van der Waals surface area (Å²) in [5.41, 5.74) is 3.42. The molecule has 7 nitrogen and oxygen atoms in total. The van der Waals surface area contributed by atoms with Crippen LogP contribution in [-0.4, -0.2) is 24.3 Å². The van der Waals surface area contributed by atoms with Gasteiger partial charge in [-0.3, -0.25) is 9.78 Å². The van der Waals surface area contributed by atoms with Crippen molar-refractivity contribution in [1.82, 2.24) is 15.3 Å². The molecule has 4 rings (SSSR count). The maximum Gasteiger partial charge on any atom is 0.251 e. The van der Waals surface area contributed by atoms with Gasteiger partial charge < -0.3 is 9.73 Å². The van der Waals surface area contributed by atoms with E-state index in [1.807, 2.05) is 24.3 Å². The summed E-state index contributed by atoms with van der Waals surface area (Å²) in [6.07, 6.45) is 3.38. The molecule has 186 valence electrons. The second kappa shape index (κ2) is 10.1. The van der Waals surface area contributed by atoms with Crippen molar-refractivity contribution in [2.75, 3.05) is 0 Å². The molecule has 4 aromatic rings. The standard InChI is InChI=1S/C28H29N3O4S/c1-19-25(18-36(33,34)24-13-11-23(12-14-24)28(2,3)4)31-27(35-19)22-9-7-21(8-10-22)26(32)30-17-20-6-5-15-29-16-20/h5-16H,17-18H2,1-4H3,(H,30,32). The lowest BCUT2D eigenvalue weighted by atomic mass is 9.87. The van der Waals surface area contributed by atoms with Crippen LogP contribution in [0.1, 0.15) is 53.7 Å². The predicted octanol–water partition coefficient (Wildman–Crippen LogP) is 5.25. The first-order valence-corrected chi connectivity index (χ1v) is 13.3. The number of nitrogens with one attached hydrogen (secondary N) is 1. The van der Waals surface area contributed by atoms with Crippen LogP contribution in [0.25, 0.3) is 11.5 Å². The van der Waals surface area contributed by atoms with Crippen molar-refractivity contribution in [2.24, 2.45) is 0 Å². The Morgan fingerprint density at radius 1 is 1.00 bits per heavy atom. The van der Waals surface area contributed by atoms with Gasteiger partial charge in [0.25, 0.3) is 5.91 Å². The lowest BCUT2D eigenvalue weighted by molar-refractivity contribution is 0.0951. The number of nitrogens with zero attached hydrogens (tertiary/aromatic N) is 2. The van der Waals surface area contributed by atoms with Crippen LogP contribution >= 0.6 is 0 Å². The molecule has 36 heavy (non-hydrogen) atoms. The molecule has 0 aliphatic rings. The predicted molar refractivity (Wildman–Crippen MR) is 138 cm³/mol. The first-order valence-electron chi connectivity index (χ1n) is 11.6. The molecule has 0 radical (unpaired) electrons. The van der Waals surface area contributed by atoms with Crippen LogP contribution in [0.2, 0.25) is 0 Å². The maximum absolute atomic E-state index is 13.0. The van der Waals surface area contributed by atoms with E-state index in [4.69, 9.17) is 4.42 Å². The van der Waals surface area contributed by atoms with Crippen molar-refractivity contribution in [3.8, 4) is 11.5 Å². The summed E-state index contributed by atoms with van der Waals surface area (Å²) in [7, 11) is -3.59. The maximum atomic E-state index is 13.0. The van der Waals surface area contributed by atoms with Gasteiger partial charge in [0.05, 0.1) is 10.6 Å². The summed E-state index contributed by atoms with van der Waals surface area (Å²) in [4.78, 5) is 21.2. The molecule has 0 saturated carbocycles. The molecule has 2 heterocycles. The Hall–Kier alpha value is -3.78. The third-order valence-corrected chi connectivity index (χ3v) is 7.51. The third-order valence-electron chi connectivity index (χ3n) is 5.87. The molecule has 0 unspecified atom stereocenters. The summed E-state index contributed by atoms with van der Waals surface area (Å²) >= 11 is 0. The number of pyridine rings is 1. The monoisotopic (exact) mass is 503 g/mol. The number of oxazole rings is 1. The Kier molecular flexibility index (Phi) is 7.08. The summed E-state index contributed by atoms with van der Waals surface area (Å²) in [5.74, 6) is 0.283. The number of carbonyl (C=O) groups is 1. The van der Waals surface area contributed by atoms with Gasteiger partial charge in [-0.05, 0) is 65.9 Å². The third kappa shape index (κ3) is 5.88. The number of sulfone groups is 1. The normalized spacial score (nSPS) is 11.9. The van der Waals surface area contributed by atoms with E-state index < -0.39 is 9.84 Å². The van der Waals surface area contributed by atoms with Crippen molar-refractivity contribution < 1.29 is 17.6 Å². The molecule has 0 bridgehead atoms. The lowest BCUT2D eigenvalue weighted by Crippen LogP contribution is -2.22. The van der Waals surface area contributed by atoms with Gasteiger partial charge >= 0.3 is 0 Å². The average molecular weight is 504 g/mol. The van der Waals surface area contributed by atoms with E-state index in [2.05, 4.69) is 36.1 Å². The highest BCUT2D eigenvalue weighted by molar-refractivity contribution is 7.90. The van der Waals surface area contributed by atoms with Crippen molar-refractivity contribution in [3.63, 3.8) is 0 Å². The minimum atomic E-state index is -3.59. The zero-order valence-electron chi connectivity index (χ0n) is 20.8. The fraction of sp³-hybridized carbons (Fsp3) is 0.250. The topological polar surface area (TPSA) is 102 Å². The van der Waals surface area contributed by atoms with Gasteiger partial charge in [0.15, 0.2) is 9.84 Å². The summed E-state index contributed by atoms with van der Waals surface area (Å²) in [6, 6.07) is 17.5. The molecule has 2 aromatic carbocycles. The van der Waals surface area contributed by atoms with Crippen LogP contribution in [-0.2, 0) is 27.5 Å². The highest BCUT2D eigenvalue weighted by atomic mass is 32.2. The van der Waals surface area contributed by atoms with Gasteiger partial charge in [0.1, 0.15) is 11.5 Å². The van der Waals surface area contributed by atoms with Crippen LogP contribution in [0.15, 0.2) is 82.4 Å². The Balaban J connectivity index is 1.45. The highest BCUT2D eigenvalue weighted by Gasteiger charge is 2.22. The molecule has 0 saturated heterocycles. The number of aromatic nitrogens is 2. The summed E-state index contributed by atoms with van der Waals surface area (Å²) < 4.78 is 31.8. The quantitative estimate of drug-likeness (QED) is 0.370. The molecule has 8 heteroatoms. The average Bonchev–Trinajstić information content (AvgIpc) is 3.22. The molecule has 1 N–H and O–H groups in total. The van der Waals surface area contributed by atoms with Crippen molar-refractivity contribution in [2.45, 2.75) is 50.3 Å². The molecule has 0 fully saturated rings. The van der Waals surface area contributed by atoms with Crippen molar-refractivity contribution in [3.05, 3.63) is 101 Å². The minimum Gasteiger partial charge on any atom is -0.441 e. The van der Waals surface area contributed by atoms with Gasteiger partial charge in [0.2, 0.25) is 5.89 Å². The fourth-order valence-corrected chi connectivity index (χ4v) is 5.01. The van der Waals surface area contributed by atoms with Crippen LogP contribution in [0.4, 0.5) is 0 Å². The minimum absolute atomic E-state index is 0.0600. The van der Waals surface area contributed by atoms with E-state index in [-0.39, 0.29) is 22.0 Å². The van der Waals surface area contributed by atoms with Gasteiger partial charge in [-0.1, -0.05) is 39.0 Å². The van der Waals surface area contributed by atoms with Crippen molar-refractivity contribution in [1.29, 1.82) is 0 Å². The number of aryl methyl sites for hydroxylation is 1. The van der Waals surface area contributed by atoms with Crippen LogP contribution in [0, 0.1) is 6.92 Å². The Labute approximate surface area is 211 Å². The molecule has 0 spiro atoms. The largest absolute Gasteiger partial charge is 0.441 e. The van der Waals surface area contributed by atoms with Gasteiger partial charge in [-0.2, -0.15) is 0 Å². The van der Waals surface area contributed by atoms with E-state index in [9.17, 15) is 13.2 Å². The zero-order chi connectivity index (χ0) is 25.9. The van der Waals surface area contributed by atoms with E-state index in [1.165, 1.54) is 0 Å². The Morgan fingerprint density at radius 2 is 1.69 bits per heavy atom. The second-order valence-electron chi connectivity index (χ2n) is 9.68. The van der Waals surface area contributed by atoms with Crippen LogP contribution < -0.4 is 5.32 Å². The molecule has 1 amide bonds. The number of hydrogen-bond acceptors (Lipinski definition) is 6. The molecule has 2 aromatic heterocycles. The van der Waals surface area contributed by atoms with Gasteiger partial charge in [0, 0.05) is 30.1 Å². The zero-order valence-corrected chi connectivity index (χ0v) is 21.6. The van der Waals surface area contributed by atoms with E-state index in [1.54, 1.807) is 55.7 Å². The Bertz CT molecular complexity index is 1450. The van der Waals surface area contributed by atoms with E-state index in [0.29, 0.717) is 35.0 Å². The SMILES string of the molecule is Cc1oc(-c2ccc(C(=O)NCc3cccnc3)cc2)nc1CS(=O)(=O)c1ccc(C(C)(C)C)cc1. The fourth-order valence-electron chi connectivity index (χ4n) is 3.66. The number of carbonyl (C=O) groups excluding carboxylic acids is 1. The van der Waals surface area contributed by atoms with E-state index in [0.717, 1.165) is 11.1 Å². The number of amides is 1. The lowest BCUT2D eigenvalue weighted by Gasteiger charge is -2.19. The first kappa shape index (κ1) is 25.3.